The molecule has 0 aliphatic heterocycles. The average molecular weight is 364 g/mol. The Hall–Kier alpha value is -2.88. The molecule has 0 aliphatic rings. The number of hydrogen-bond acceptors (Lipinski definition) is 2. The van der Waals surface area contributed by atoms with E-state index < -0.39 is 0 Å². The van der Waals surface area contributed by atoms with Gasteiger partial charge in [-0.15, -0.1) is 0 Å². The van der Waals surface area contributed by atoms with Crippen molar-refractivity contribution in [1.82, 2.24) is 0 Å². The first-order valence-electron chi connectivity index (χ1n) is 8.99. The molecule has 3 nitrogen and oxygen atoms in total. The van der Waals surface area contributed by atoms with Gasteiger partial charge in [-0.3, -0.25) is 0 Å². The van der Waals surface area contributed by atoms with Crippen LogP contribution in [0, 0.1) is 5.82 Å². The predicted octanol–water partition coefficient (Wildman–Crippen LogP) is 5.52. The molecule has 0 radical (unpaired) electrons. The van der Waals surface area contributed by atoms with Gasteiger partial charge in [0.15, 0.2) is 11.8 Å². The Morgan fingerprint density at radius 1 is 1.07 bits per heavy atom. The number of aryl methyl sites for hydroxylation is 1. The smallest absolute Gasteiger partial charge is 0.219 e. The second-order valence-electron chi connectivity index (χ2n) is 7.89. The molecule has 2 heterocycles. The van der Waals surface area contributed by atoms with Gasteiger partial charge >= 0.3 is 0 Å². The number of aromatic nitrogens is 1. The van der Waals surface area contributed by atoms with Crippen LogP contribution in [0.25, 0.3) is 33.2 Å². The van der Waals surface area contributed by atoms with Crippen LogP contribution >= 0.6 is 0 Å². The molecule has 4 aromatic rings. The zero-order valence-corrected chi connectivity index (χ0v) is 16.3. The minimum Gasteiger partial charge on any atom is -0.496 e. The second-order valence-corrected chi connectivity index (χ2v) is 7.89. The van der Waals surface area contributed by atoms with E-state index in [2.05, 4.69) is 26.8 Å². The van der Waals surface area contributed by atoms with Crippen molar-refractivity contribution in [2.24, 2.45) is 7.05 Å². The molecule has 0 spiro atoms. The molecule has 0 N–H and O–H groups in total. The number of benzene rings is 2. The van der Waals surface area contributed by atoms with Crippen LogP contribution in [0.3, 0.4) is 0 Å². The molecule has 0 saturated heterocycles. The fraction of sp³-hybridized carbons (Fsp3) is 0.261. The zero-order chi connectivity index (χ0) is 19.3. The average Bonchev–Trinajstić information content (AvgIpc) is 2.98. The minimum atomic E-state index is -0.308. The lowest BCUT2D eigenvalue weighted by molar-refractivity contribution is -0.660. The summed E-state index contributed by atoms with van der Waals surface area (Å²) in [6.45, 7) is 6.48. The molecule has 27 heavy (non-hydrogen) atoms. The van der Waals surface area contributed by atoms with Crippen LogP contribution in [0.2, 0.25) is 0 Å². The highest BCUT2D eigenvalue weighted by atomic mass is 19.1. The maximum atomic E-state index is 13.8. The third-order valence-corrected chi connectivity index (χ3v) is 5.01. The topological polar surface area (TPSA) is 26.2 Å². The first-order chi connectivity index (χ1) is 12.8. The summed E-state index contributed by atoms with van der Waals surface area (Å²) in [5.41, 5.74) is 4.10. The minimum absolute atomic E-state index is 0.131. The summed E-state index contributed by atoms with van der Waals surface area (Å²) in [7, 11) is 3.66. The lowest BCUT2D eigenvalue weighted by atomic mass is 9.82. The Labute approximate surface area is 158 Å². The molecule has 4 rings (SSSR count). The van der Waals surface area contributed by atoms with Crippen LogP contribution in [0.5, 0.6) is 5.75 Å². The molecule has 138 valence electrons. The van der Waals surface area contributed by atoms with Gasteiger partial charge in [0.2, 0.25) is 5.69 Å². The van der Waals surface area contributed by atoms with Gasteiger partial charge < -0.3 is 9.15 Å². The van der Waals surface area contributed by atoms with Crippen molar-refractivity contribution in [3.05, 3.63) is 60.0 Å². The van der Waals surface area contributed by atoms with E-state index in [1.807, 2.05) is 36.0 Å². The first kappa shape index (κ1) is 17.5. The molecule has 0 aliphatic carbocycles. The number of methoxy groups -OCH3 is 1. The first-order valence-corrected chi connectivity index (χ1v) is 8.99. The third-order valence-electron chi connectivity index (χ3n) is 5.01. The van der Waals surface area contributed by atoms with Crippen molar-refractivity contribution in [3.63, 3.8) is 0 Å². The normalized spacial score (nSPS) is 12.1. The zero-order valence-electron chi connectivity index (χ0n) is 16.3. The van der Waals surface area contributed by atoms with Crippen LogP contribution in [-0.2, 0) is 12.5 Å². The van der Waals surface area contributed by atoms with E-state index in [9.17, 15) is 4.39 Å². The molecule has 2 aromatic carbocycles. The van der Waals surface area contributed by atoms with Crippen molar-refractivity contribution < 1.29 is 18.1 Å². The number of hydrogen-bond donors (Lipinski definition) is 0. The molecule has 0 fully saturated rings. The molecule has 0 atom stereocenters. The molecule has 0 saturated carbocycles. The summed E-state index contributed by atoms with van der Waals surface area (Å²) in [5.74, 6) is 0.436. The van der Waals surface area contributed by atoms with Gasteiger partial charge in [-0.25, -0.2) is 8.96 Å². The van der Waals surface area contributed by atoms with Crippen LogP contribution in [-0.4, -0.2) is 7.11 Å². The molecular weight excluding hydrogens is 341 g/mol. The monoisotopic (exact) mass is 364 g/mol. The highest BCUT2D eigenvalue weighted by molar-refractivity contribution is 6.12. The molecular formula is C23H23FNO2+. The van der Waals surface area contributed by atoms with Crippen LogP contribution < -0.4 is 9.30 Å². The number of ether oxygens (including phenoxy) is 1. The standard InChI is InChI=1S/C23H23FNO2/c1-23(2,3)16-13-19(26-5)21(17-8-6-7-11-25(17)4)22-20(16)15-10-9-14(24)12-18(15)27-22/h6-13H,1-5H3/q+1. The Balaban J connectivity index is 2.25. The van der Waals surface area contributed by atoms with E-state index in [1.165, 1.54) is 12.1 Å². The fourth-order valence-electron chi connectivity index (χ4n) is 3.68. The maximum absolute atomic E-state index is 13.8. The number of rotatable bonds is 2. The van der Waals surface area contributed by atoms with Crippen LogP contribution in [0.15, 0.2) is 53.1 Å². The molecule has 0 unspecified atom stereocenters. The molecule has 0 bridgehead atoms. The molecule has 4 heteroatoms. The van der Waals surface area contributed by atoms with Gasteiger partial charge in [-0.1, -0.05) is 20.8 Å². The molecule has 2 aromatic heterocycles. The lowest BCUT2D eigenvalue weighted by Gasteiger charge is -2.22. The van der Waals surface area contributed by atoms with E-state index in [1.54, 1.807) is 13.2 Å². The van der Waals surface area contributed by atoms with Crippen molar-refractivity contribution in [2.45, 2.75) is 26.2 Å². The second kappa shape index (κ2) is 6.08. The van der Waals surface area contributed by atoms with Crippen molar-refractivity contribution >= 4 is 21.9 Å². The van der Waals surface area contributed by atoms with E-state index in [0.717, 1.165) is 38.9 Å². The number of fused-ring (bicyclic) bond motifs is 3. The Morgan fingerprint density at radius 2 is 1.85 bits per heavy atom. The maximum Gasteiger partial charge on any atom is 0.219 e. The fourth-order valence-corrected chi connectivity index (χ4v) is 3.68. The van der Waals surface area contributed by atoms with Crippen molar-refractivity contribution in [2.75, 3.05) is 7.11 Å². The highest BCUT2D eigenvalue weighted by Crippen LogP contribution is 2.45. The summed E-state index contributed by atoms with van der Waals surface area (Å²) < 4.78 is 27.9. The SMILES string of the molecule is COc1cc(C(C)(C)C)c2c(oc3cc(F)ccc32)c1-c1cccc[n+]1C. The Bertz CT molecular complexity index is 1170. The van der Waals surface area contributed by atoms with Gasteiger partial charge in [0.05, 0.1) is 7.11 Å². The third kappa shape index (κ3) is 2.76. The highest BCUT2D eigenvalue weighted by Gasteiger charge is 2.29. The lowest BCUT2D eigenvalue weighted by Crippen LogP contribution is -2.30. The number of nitrogens with zero attached hydrogens (tertiary/aromatic N) is 1. The molecule has 0 amide bonds. The van der Waals surface area contributed by atoms with Gasteiger partial charge in [0.1, 0.15) is 29.8 Å². The van der Waals surface area contributed by atoms with E-state index in [-0.39, 0.29) is 11.2 Å². The predicted molar refractivity (Wildman–Crippen MR) is 106 cm³/mol. The van der Waals surface area contributed by atoms with E-state index in [0.29, 0.717) is 5.58 Å². The summed E-state index contributed by atoms with van der Waals surface area (Å²) in [6.07, 6.45) is 1.99. The van der Waals surface area contributed by atoms with Crippen LogP contribution in [0.4, 0.5) is 4.39 Å². The van der Waals surface area contributed by atoms with E-state index in [4.69, 9.17) is 9.15 Å². The van der Waals surface area contributed by atoms with Crippen LogP contribution in [0.1, 0.15) is 26.3 Å². The Morgan fingerprint density at radius 3 is 2.52 bits per heavy atom. The quantitative estimate of drug-likeness (QED) is 0.438. The summed E-state index contributed by atoms with van der Waals surface area (Å²) >= 11 is 0. The van der Waals surface area contributed by atoms with Crippen molar-refractivity contribution in [1.29, 1.82) is 0 Å². The largest absolute Gasteiger partial charge is 0.496 e. The van der Waals surface area contributed by atoms with Gasteiger partial charge in [0, 0.05) is 29.0 Å². The summed E-state index contributed by atoms with van der Waals surface area (Å²) in [5, 5.41) is 1.93. The van der Waals surface area contributed by atoms with Gasteiger partial charge in [-0.05, 0) is 35.2 Å². The van der Waals surface area contributed by atoms with E-state index >= 15 is 0 Å². The number of furan rings is 1. The summed E-state index contributed by atoms with van der Waals surface area (Å²) in [4.78, 5) is 0. The Kier molecular flexibility index (Phi) is 3.95. The number of pyridine rings is 1. The van der Waals surface area contributed by atoms with Gasteiger partial charge in [0.25, 0.3) is 0 Å². The van der Waals surface area contributed by atoms with Crippen molar-refractivity contribution in [3.8, 4) is 17.0 Å². The summed E-state index contributed by atoms with van der Waals surface area (Å²) in [6, 6.07) is 12.8. The number of halogens is 1. The van der Waals surface area contributed by atoms with Gasteiger partial charge in [-0.2, -0.15) is 0 Å².